The average molecular weight is 161 g/mol. The van der Waals surface area contributed by atoms with E-state index in [0.29, 0.717) is 0 Å². The molecule has 11 heavy (non-hydrogen) atoms. The van der Waals surface area contributed by atoms with Gasteiger partial charge in [-0.1, -0.05) is 0 Å². The first-order valence-corrected chi connectivity index (χ1v) is 3.09. The molecule has 0 aromatic rings. The molecule has 0 bridgehead atoms. The van der Waals surface area contributed by atoms with E-state index in [4.69, 9.17) is 10.8 Å². The summed E-state index contributed by atoms with van der Waals surface area (Å²) < 4.78 is 4.25. The predicted octanol–water partition coefficient (Wildman–Crippen LogP) is -1.21. The van der Waals surface area contributed by atoms with E-state index in [1.807, 2.05) is 0 Å². The Labute approximate surface area is 64.1 Å². The molecule has 0 aromatic heterocycles. The summed E-state index contributed by atoms with van der Waals surface area (Å²) in [6, 6.07) is 0. The molecule has 5 nitrogen and oxygen atoms in total. The number of carbonyl (C=O) groups excluding carboxylic acids is 2. The normalized spacial score (nSPS) is 12.2. The Kier molecular flexibility index (Phi) is 4.21. The summed E-state index contributed by atoms with van der Waals surface area (Å²) in [5.74, 6) is -1.19. The second kappa shape index (κ2) is 4.68. The fourth-order valence-corrected chi connectivity index (χ4v) is 0.580. The van der Waals surface area contributed by atoms with Crippen LogP contribution in [-0.2, 0) is 14.3 Å². The number of hydrogen-bond acceptors (Lipinski definition) is 4. The Morgan fingerprint density at radius 2 is 2.09 bits per heavy atom. The van der Waals surface area contributed by atoms with Gasteiger partial charge in [0.05, 0.1) is 26.1 Å². The summed E-state index contributed by atoms with van der Waals surface area (Å²) in [7, 11) is 1.21. The van der Waals surface area contributed by atoms with Crippen molar-refractivity contribution in [3.8, 4) is 0 Å². The van der Waals surface area contributed by atoms with Crippen molar-refractivity contribution in [1.82, 2.24) is 0 Å². The van der Waals surface area contributed by atoms with Crippen LogP contribution in [0.15, 0.2) is 0 Å². The van der Waals surface area contributed by atoms with E-state index < -0.39 is 18.0 Å². The molecule has 3 N–H and O–H groups in total. The van der Waals surface area contributed by atoms with Crippen LogP contribution in [0, 0.1) is 0 Å². The van der Waals surface area contributed by atoms with Gasteiger partial charge in [-0.2, -0.15) is 0 Å². The maximum atomic E-state index is 10.5. The average Bonchev–Trinajstić information content (AvgIpc) is 1.85. The van der Waals surface area contributed by atoms with Gasteiger partial charge in [-0.25, -0.2) is 0 Å². The summed E-state index contributed by atoms with van der Waals surface area (Å²) in [6.45, 7) is 0. The minimum Gasteiger partial charge on any atom is -0.469 e. The topological polar surface area (TPSA) is 89.6 Å². The summed E-state index contributed by atoms with van der Waals surface area (Å²) in [4.78, 5) is 20.7. The van der Waals surface area contributed by atoms with Gasteiger partial charge in [0.1, 0.15) is 0 Å². The summed E-state index contributed by atoms with van der Waals surface area (Å²) in [5, 5.41) is 8.92. The van der Waals surface area contributed by atoms with Gasteiger partial charge in [-0.05, 0) is 0 Å². The summed E-state index contributed by atoms with van der Waals surface area (Å²) in [5.41, 5.74) is 4.76. The summed E-state index contributed by atoms with van der Waals surface area (Å²) >= 11 is 0. The van der Waals surface area contributed by atoms with Crippen molar-refractivity contribution in [1.29, 1.82) is 0 Å². The van der Waals surface area contributed by atoms with Gasteiger partial charge >= 0.3 is 5.97 Å². The Morgan fingerprint density at radius 3 is 2.45 bits per heavy atom. The molecule has 5 heteroatoms. The second-order valence-electron chi connectivity index (χ2n) is 2.10. The molecular formula is C6H11NO4. The zero-order chi connectivity index (χ0) is 8.85. The molecule has 0 radical (unpaired) electrons. The molecular weight excluding hydrogens is 150 g/mol. The van der Waals surface area contributed by atoms with Crippen LogP contribution in [0.2, 0.25) is 0 Å². The molecule has 1 unspecified atom stereocenters. The van der Waals surface area contributed by atoms with E-state index in [1.165, 1.54) is 7.11 Å². The molecule has 1 atom stereocenters. The number of primary amides is 1. The molecule has 0 spiro atoms. The van der Waals surface area contributed by atoms with Gasteiger partial charge in [0, 0.05) is 0 Å². The van der Waals surface area contributed by atoms with E-state index in [1.54, 1.807) is 0 Å². The molecule has 0 saturated carbocycles. The number of amides is 1. The quantitative estimate of drug-likeness (QED) is 0.506. The third kappa shape index (κ3) is 5.35. The number of carbonyl (C=O) groups is 2. The molecule has 0 aliphatic rings. The highest BCUT2D eigenvalue weighted by Crippen LogP contribution is 1.97. The minimum absolute atomic E-state index is 0.195. The van der Waals surface area contributed by atoms with E-state index in [0.717, 1.165) is 0 Å². The number of hydrogen-bond donors (Lipinski definition) is 2. The fourth-order valence-electron chi connectivity index (χ4n) is 0.580. The molecule has 0 aliphatic heterocycles. The third-order valence-corrected chi connectivity index (χ3v) is 1.07. The third-order valence-electron chi connectivity index (χ3n) is 1.07. The highest BCUT2D eigenvalue weighted by atomic mass is 16.5. The molecule has 0 saturated heterocycles. The van der Waals surface area contributed by atoms with Crippen molar-refractivity contribution in [3.63, 3.8) is 0 Å². The zero-order valence-corrected chi connectivity index (χ0v) is 6.24. The van der Waals surface area contributed by atoms with E-state index in [-0.39, 0.29) is 12.8 Å². The first kappa shape index (κ1) is 9.90. The molecule has 0 aromatic carbocycles. The van der Waals surface area contributed by atoms with Crippen molar-refractivity contribution < 1.29 is 19.4 Å². The van der Waals surface area contributed by atoms with Gasteiger partial charge in [0.25, 0.3) is 0 Å². The number of rotatable bonds is 4. The van der Waals surface area contributed by atoms with Crippen LogP contribution in [0.1, 0.15) is 12.8 Å². The van der Waals surface area contributed by atoms with Crippen LogP contribution >= 0.6 is 0 Å². The lowest BCUT2D eigenvalue weighted by atomic mass is 10.2. The van der Waals surface area contributed by atoms with Crippen molar-refractivity contribution in [2.24, 2.45) is 5.73 Å². The first-order valence-electron chi connectivity index (χ1n) is 3.09. The number of nitrogens with two attached hydrogens (primary N) is 1. The molecule has 64 valence electrons. The Balaban J connectivity index is 3.60. The van der Waals surface area contributed by atoms with Crippen LogP contribution in [0.4, 0.5) is 0 Å². The lowest BCUT2D eigenvalue weighted by molar-refractivity contribution is -0.143. The number of esters is 1. The number of aliphatic hydroxyl groups is 1. The number of methoxy groups -OCH3 is 1. The van der Waals surface area contributed by atoms with Crippen molar-refractivity contribution >= 4 is 11.9 Å². The highest BCUT2D eigenvalue weighted by molar-refractivity contribution is 5.76. The molecule has 0 heterocycles. The maximum absolute atomic E-state index is 10.5. The van der Waals surface area contributed by atoms with E-state index in [2.05, 4.69) is 4.74 Å². The first-order chi connectivity index (χ1) is 5.06. The SMILES string of the molecule is COC(=O)CC(O)CC(N)=O. The second-order valence-corrected chi connectivity index (χ2v) is 2.10. The van der Waals surface area contributed by atoms with E-state index in [9.17, 15) is 9.59 Å². The predicted molar refractivity (Wildman–Crippen MR) is 36.5 cm³/mol. The Hall–Kier alpha value is -1.10. The van der Waals surface area contributed by atoms with Crippen LogP contribution < -0.4 is 5.73 Å². The van der Waals surface area contributed by atoms with Crippen molar-refractivity contribution in [2.75, 3.05) is 7.11 Å². The smallest absolute Gasteiger partial charge is 0.308 e. The molecule has 1 amide bonds. The van der Waals surface area contributed by atoms with Gasteiger partial charge in [-0.15, -0.1) is 0 Å². The summed E-state index contributed by atoms with van der Waals surface area (Å²) in [6.07, 6.45) is -1.44. The largest absolute Gasteiger partial charge is 0.469 e. The number of ether oxygens (including phenoxy) is 1. The monoisotopic (exact) mass is 161 g/mol. The minimum atomic E-state index is -1.03. The Morgan fingerprint density at radius 1 is 1.55 bits per heavy atom. The molecule has 0 fully saturated rings. The Bertz CT molecular complexity index is 157. The lowest BCUT2D eigenvalue weighted by Gasteiger charge is -2.05. The highest BCUT2D eigenvalue weighted by Gasteiger charge is 2.12. The number of aliphatic hydroxyl groups excluding tert-OH is 1. The van der Waals surface area contributed by atoms with Gasteiger partial charge in [0.2, 0.25) is 5.91 Å². The molecule has 0 rings (SSSR count). The van der Waals surface area contributed by atoms with Crippen LogP contribution in [0.3, 0.4) is 0 Å². The van der Waals surface area contributed by atoms with Gasteiger partial charge in [0.15, 0.2) is 0 Å². The van der Waals surface area contributed by atoms with Gasteiger partial charge in [-0.3, -0.25) is 9.59 Å². The zero-order valence-electron chi connectivity index (χ0n) is 6.24. The van der Waals surface area contributed by atoms with Gasteiger partial charge < -0.3 is 15.6 Å². The van der Waals surface area contributed by atoms with Crippen molar-refractivity contribution in [2.45, 2.75) is 18.9 Å². The molecule has 0 aliphatic carbocycles. The fraction of sp³-hybridized carbons (Fsp3) is 0.667. The van der Waals surface area contributed by atoms with Crippen LogP contribution in [0.5, 0.6) is 0 Å². The van der Waals surface area contributed by atoms with Crippen molar-refractivity contribution in [3.05, 3.63) is 0 Å². The van der Waals surface area contributed by atoms with Crippen LogP contribution in [0.25, 0.3) is 0 Å². The standard InChI is InChI=1S/C6H11NO4/c1-11-6(10)3-4(8)2-5(7)9/h4,8H,2-3H2,1H3,(H2,7,9). The van der Waals surface area contributed by atoms with Crippen LogP contribution in [-0.4, -0.2) is 30.2 Å². The lowest BCUT2D eigenvalue weighted by Crippen LogP contribution is -2.22. The maximum Gasteiger partial charge on any atom is 0.308 e. The van der Waals surface area contributed by atoms with E-state index >= 15 is 0 Å².